The molecule has 1 aliphatic rings. The normalized spacial score (nSPS) is 15.1. The second-order valence-electron chi connectivity index (χ2n) is 8.01. The highest BCUT2D eigenvalue weighted by Crippen LogP contribution is 2.33. The number of rotatable bonds is 8. The summed E-state index contributed by atoms with van der Waals surface area (Å²) in [6, 6.07) is 9.26. The van der Waals surface area contributed by atoms with E-state index in [1.807, 2.05) is 0 Å². The van der Waals surface area contributed by atoms with E-state index in [2.05, 4.69) is 10.6 Å². The molecular weight excluding hydrogens is 466 g/mol. The fourth-order valence-electron chi connectivity index (χ4n) is 3.70. The van der Waals surface area contributed by atoms with Crippen LogP contribution >= 0.6 is 0 Å². The zero-order chi connectivity index (χ0) is 24.2. The molecule has 2 N–H and O–H groups in total. The number of amides is 1. The minimum Gasteiger partial charge on any atom is -0.493 e. The Kier molecular flexibility index (Phi) is 7.65. The van der Waals surface area contributed by atoms with Gasteiger partial charge in [0.2, 0.25) is 15.9 Å². The molecule has 2 aromatic rings. The number of nitrogens with one attached hydrogen (secondary N) is 2. The number of carbonyl (C=O) groups is 1. The standard InChI is InChI=1S/C22H29N3O6S2/c1-16-13-19(22(31-2)20(14-16)32(3,27)28)23-15-21(26)24-17-7-9-18(10-8-17)33(29,30)25-11-5-4-6-12-25/h7-10,13-14,23H,4-6,11-12,15H2,1-3H3,(H,24,26). The summed E-state index contributed by atoms with van der Waals surface area (Å²) in [5.74, 6) is -0.241. The zero-order valence-electron chi connectivity index (χ0n) is 18.9. The second kappa shape index (κ2) is 10.1. The Labute approximate surface area is 195 Å². The first kappa shape index (κ1) is 25.0. The molecule has 9 nitrogen and oxygen atoms in total. The molecule has 1 saturated heterocycles. The van der Waals surface area contributed by atoms with Gasteiger partial charge in [-0.15, -0.1) is 0 Å². The molecule has 3 rings (SSSR count). The van der Waals surface area contributed by atoms with Gasteiger partial charge in [0.1, 0.15) is 4.90 Å². The Balaban J connectivity index is 1.67. The van der Waals surface area contributed by atoms with Crippen molar-refractivity contribution in [1.29, 1.82) is 0 Å². The molecule has 0 atom stereocenters. The number of hydrogen-bond acceptors (Lipinski definition) is 7. The Hall–Kier alpha value is -2.63. The molecule has 0 spiro atoms. The fraction of sp³-hybridized carbons (Fsp3) is 0.409. The summed E-state index contributed by atoms with van der Waals surface area (Å²) in [5.41, 5.74) is 1.54. The van der Waals surface area contributed by atoms with E-state index in [1.54, 1.807) is 25.1 Å². The fourth-order valence-corrected chi connectivity index (χ4v) is 6.15. The molecule has 11 heteroatoms. The van der Waals surface area contributed by atoms with Crippen LogP contribution in [-0.4, -0.2) is 60.0 Å². The third-order valence-electron chi connectivity index (χ3n) is 5.33. The van der Waals surface area contributed by atoms with Gasteiger partial charge < -0.3 is 15.4 Å². The number of ether oxygens (including phenoxy) is 1. The van der Waals surface area contributed by atoms with Crippen LogP contribution in [0.15, 0.2) is 46.2 Å². The van der Waals surface area contributed by atoms with Crippen LogP contribution in [-0.2, 0) is 24.7 Å². The van der Waals surface area contributed by atoms with Crippen LogP contribution in [0.3, 0.4) is 0 Å². The maximum absolute atomic E-state index is 12.7. The number of carbonyl (C=O) groups excluding carboxylic acids is 1. The van der Waals surface area contributed by atoms with Crippen molar-refractivity contribution >= 4 is 37.1 Å². The van der Waals surface area contributed by atoms with Gasteiger partial charge in [0.05, 0.1) is 24.2 Å². The minimum atomic E-state index is -3.54. The monoisotopic (exact) mass is 495 g/mol. The smallest absolute Gasteiger partial charge is 0.243 e. The highest BCUT2D eigenvalue weighted by molar-refractivity contribution is 7.90. The highest BCUT2D eigenvalue weighted by atomic mass is 32.2. The number of piperidine rings is 1. The maximum atomic E-state index is 12.7. The van der Waals surface area contributed by atoms with Gasteiger partial charge in [-0.2, -0.15) is 4.31 Å². The summed E-state index contributed by atoms with van der Waals surface area (Å²) in [7, 11) is -5.69. The first-order chi connectivity index (χ1) is 15.5. The third-order valence-corrected chi connectivity index (χ3v) is 8.35. The molecule has 0 bridgehead atoms. The average Bonchev–Trinajstić information content (AvgIpc) is 2.77. The number of hydrogen-bond donors (Lipinski definition) is 2. The molecule has 180 valence electrons. The lowest BCUT2D eigenvalue weighted by Crippen LogP contribution is -2.35. The second-order valence-corrected chi connectivity index (χ2v) is 11.9. The van der Waals surface area contributed by atoms with Crippen molar-refractivity contribution in [2.75, 3.05) is 43.6 Å². The molecule has 1 fully saturated rings. The number of anilines is 2. The van der Waals surface area contributed by atoms with Gasteiger partial charge in [0, 0.05) is 25.0 Å². The highest BCUT2D eigenvalue weighted by Gasteiger charge is 2.25. The molecule has 1 heterocycles. The topological polar surface area (TPSA) is 122 Å². The van der Waals surface area contributed by atoms with E-state index < -0.39 is 19.9 Å². The summed E-state index contributed by atoms with van der Waals surface area (Å²) in [6.07, 6.45) is 3.85. The van der Waals surface area contributed by atoms with Crippen LogP contribution < -0.4 is 15.4 Å². The van der Waals surface area contributed by atoms with E-state index in [0.717, 1.165) is 25.5 Å². The van der Waals surface area contributed by atoms with Gasteiger partial charge >= 0.3 is 0 Å². The van der Waals surface area contributed by atoms with Crippen LogP contribution in [0, 0.1) is 6.92 Å². The van der Waals surface area contributed by atoms with Crippen LogP contribution in [0.1, 0.15) is 24.8 Å². The molecule has 0 saturated carbocycles. The SMILES string of the molecule is COc1c(NCC(=O)Nc2ccc(S(=O)(=O)N3CCCCC3)cc2)cc(C)cc1S(C)(=O)=O. The molecule has 0 aromatic heterocycles. The lowest BCUT2D eigenvalue weighted by atomic mass is 10.2. The average molecular weight is 496 g/mol. The molecule has 1 aliphatic heterocycles. The van der Waals surface area contributed by atoms with Crippen molar-refractivity contribution < 1.29 is 26.4 Å². The van der Waals surface area contributed by atoms with E-state index >= 15 is 0 Å². The number of nitrogens with zero attached hydrogens (tertiary/aromatic N) is 1. The predicted molar refractivity (Wildman–Crippen MR) is 127 cm³/mol. The van der Waals surface area contributed by atoms with Gasteiger partial charge in [-0.3, -0.25) is 4.79 Å². The lowest BCUT2D eigenvalue weighted by Gasteiger charge is -2.25. The summed E-state index contributed by atoms with van der Waals surface area (Å²) in [4.78, 5) is 12.7. The van der Waals surface area contributed by atoms with Gasteiger partial charge in [-0.25, -0.2) is 16.8 Å². The first-order valence-corrected chi connectivity index (χ1v) is 13.9. The molecule has 0 radical (unpaired) electrons. The number of benzene rings is 2. The molecule has 33 heavy (non-hydrogen) atoms. The number of methoxy groups -OCH3 is 1. The van der Waals surface area contributed by atoms with Gasteiger partial charge in [0.15, 0.2) is 15.6 Å². The Bertz CT molecular complexity index is 1220. The van der Waals surface area contributed by atoms with Crippen molar-refractivity contribution in [3.05, 3.63) is 42.0 Å². The molecule has 0 aliphatic carbocycles. The van der Waals surface area contributed by atoms with E-state index in [1.165, 1.54) is 29.6 Å². The van der Waals surface area contributed by atoms with Crippen molar-refractivity contribution in [2.45, 2.75) is 36.0 Å². The van der Waals surface area contributed by atoms with Crippen LogP contribution in [0.5, 0.6) is 5.75 Å². The Morgan fingerprint density at radius 1 is 1.03 bits per heavy atom. The van der Waals surface area contributed by atoms with E-state index in [-0.39, 0.29) is 28.0 Å². The number of sulfone groups is 1. The zero-order valence-corrected chi connectivity index (χ0v) is 20.6. The Morgan fingerprint density at radius 2 is 1.67 bits per heavy atom. The maximum Gasteiger partial charge on any atom is 0.243 e. The van der Waals surface area contributed by atoms with Crippen molar-refractivity contribution in [2.24, 2.45) is 0 Å². The van der Waals surface area contributed by atoms with E-state index in [4.69, 9.17) is 4.74 Å². The van der Waals surface area contributed by atoms with E-state index in [9.17, 15) is 21.6 Å². The van der Waals surface area contributed by atoms with E-state index in [0.29, 0.717) is 30.0 Å². The van der Waals surface area contributed by atoms with Crippen molar-refractivity contribution in [1.82, 2.24) is 4.31 Å². The predicted octanol–water partition coefficient (Wildman–Crippen LogP) is 2.63. The van der Waals surface area contributed by atoms with Gasteiger partial charge in [0.25, 0.3) is 0 Å². The molecule has 0 unspecified atom stereocenters. The first-order valence-electron chi connectivity index (χ1n) is 10.5. The van der Waals surface area contributed by atoms with Crippen molar-refractivity contribution in [3.8, 4) is 5.75 Å². The van der Waals surface area contributed by atoms with Crippen molar-refractivity contribution in [3.63, 3.8) is 0 Å². The van der Waals surface area contributed by atoms with Gasteiger partial charge in [-0.1, -0.05) is 6.42 Å². The summed E-state index contributed by atoms with van der Waals surface area (Å²) < 4.78 is 56.4. The number of sulfonamides is 1. The quantitative estimate of drug-likeness (QED) is 0.577. The minimum absolute atomic E-state index is 0.0402. The summed E-state index contributed by atoms with van der Waals surface area (Å²) >= 11 is 0. The number of aryl methyl sites for hydroxylation is 1. The third kappa shape index (κ3) is 6.04. The molecule has 1 amide bonds. The van der Waals surface area contributed by atoms with Gasteiger partial charge in [-0.05, 0) is 61.7 Å². The van der Waals surface area contributed by atoms with Crippen LogP contribution in [0.2, 0.25) is 0 Å². The Morgan fingerprint density at radius 3 is 2.24 bits per heavy atom. The van der Waals surface area contributed by atoms with Crippen LogP contribution in [0.25, 0.3) is 0 Å². The lowest BCUT2D eigenvalue weighted by molar-refractivity contribution is -0.114. The molecule has 2 aromatic carbocycles. The van der Waals surface area contributed by atoms with Crippen LogP contribution in [0.4, 0.5) is 11.4 Å². The summed E-state index contributed by atoms with van der Waals surface area (Å²) in [6.45, 7) is 2.65. The largest absolute Gasteiger partial charge is 0.493 e. The molecular formula is C22H29N3O6S2. The summed E-state index contributed by atoms with van der Waals surface area (Å²) in [5, 5.41) is 5.61.